The third-order valence-corrected chi connectivity index (χ3v) is 7.61. The smallest absolute Gasteiger partial charge is 0.119 e. The average molecular weight is 399 g/mol. The van der Waals surface area contributed by atoms with E-state index >= 15 is 0 Å². The third-order valence-electron chi connectivity index (χ3n) is 7.24. The lowest BCUT2D eigenvalue weighted by Gasteiger charge is -2.44. The monoisotopic (exact) mass is 398 g/mol. The number of hydrogen-bond donors (Lipinski definition) is 0. The zero-order valence-electron chi connectivity index (χ0n) is 18.0. The average Bonchev–Trinajstić information content (AvgIpc) is 2.70. The number of benzene rings is 2. The topological polar surface area (TPSA) is 9.23 Å². The largest absolute Gasteiger partial charge is 0.494 e. The fourth-order valence-corrected chi connectivity index (χ4v) is 5.24. The minimum Gasteiger partial charge on any atom is -0.494 e. The van der Waals surface area contributed by atoms with E-state index in [1.165, 1.54) is 29.5 Å². The van der Waals surface area contributed by atoms with Crippen LogP contribution in [0.4, 0.5) is 0 Å². The van der Waals surface area contributed by atoms with Gasteiger partial charge in [-0.25, -0.2) is 0 Å². The predicted molar refractivity (Wildman–Crippen MR) is 121 cm³/mol. The van der Waals surface area contributed by atoms with Gasteiger partial charge in [0.15, 0.2) is 0 Å². The second-order valence-electron chi connectivity index (χ2n) is 8.69. The minimum atomic E-state index is 0.632. The lowest BCUT2D eigenvalue weighted by Crippen LogP contribution is -2.34. The fourth-order valence-electron chi connectivity index (χ4n) is 5.06. The molecule has 1 aliphatic rings. The van der Waals surface area contributed by atoms with Crippen LogP contribution in [-0.2, 0) is 6.42 Å². The van der Waals surface area contributed by atoms with E-state index in [2.05, 4.69) is 70.2 Å². The molecule has 0 N–H and O–H groups in total. The van der Waals surface area contributed by atoms with Gasteiger partial charge in [0.05, 0.1) is 6.61 Å². The van der Waals surface area contributed by atoms with E-state index in [1.807, 2.05) is 6.92 Å². The Labute approximate surface area is 176 Å². The Kier molecular flexibility index (Phi) is 7.10. The molecule has 1 aliphatic carbocycles. The van der Waals surface area contributed by atoms with Gasteiger partial charge in [0.25, 0.3) is 0 Å². The van der Waals surface area contributed by atoms with E-state index in [4.69, 9.17) is 16.3 Å². The molecular weight excluding hydrogens is 364 g/mol. The summed E-state index contributed by atoms with van der Waals surface area (Å²) in [4.78, 5) is 0. The van der Waals surface area contributed by atoms with Crippen molar-refractivity contribution in [1.29, 1.82) is 0 Å². The van der Waals surface area contributed by atoms with Gasteiger partial charge in [0.2, 0.25) is 0 Å². The molecule has 152 valence electrons. The van der Waals surface area contributed by atoms with Crippen LogP contribution in [0.3, 0.4) is 0 Å². The van der Waals surface area contributed by atoms with Crippen molar-refractivity contribution in [3.05, 3.63) is 64.2 Å². The van der Waals surface area contributed by atoms with Gasteiger partial charge in [0.1, 0.15) is 5.75 Å². The van der Waals surface area contributed by atoms with Gasteiger partial charge in [0, 0.05) is 5.02 Å². The van der Waals surface area contributed by atoms with Crippen molar-refractivity contribution in [1.82, 2.24) is 0 Å². The van der Waals surface area contributed by atoms with Crippen molar-refractivity contribution < 1.29 is 4.74 Å². The van der Waals surface area contributed by atoms with Crippen LogP contribution in [0.2, 0.25) is 5.02 Å². The van der Waals surface area contributed by atoms with Gasteiger partial charge in [-0.05, 0) is 84.2 Å². The van der Waals surface area contributed by atoms with Gasteiger partial charge in [-0.1, -0.05) is 70.0 Å². The molecule has 0 bridgehead atoms. The molecule has 0 radical (unpaired) electrons. The van der Waals surface area contributed by atoms with Crippen LogP contribution in [0.15, 0.2) is 42.5 Å². The summed E-state index contributed by atoms with van der Waals surface area (Å²) in [5.41, 5.74) is 3.97. The van der Waals surface area contributed by atoms with E-state index in [9.17, 15) is 0 Å². The van der Waals surface area contributed by atoms with E-state index in [0.717, 1.165) is 34.9 Å². The zero-order valence-corrected chi connectivity index (χ0v) is 18.8. The van der Waals surface area contributed by atoms with Gasteiger partial charge >= 0.3 is 0 Å². The van der Waals surface area contributed by atoms with Gasteiger partial charge in [-0.3, -0.25) is 0 Å². The Balaban J connectivity index is 1.82. The van der Waals surface area contributed by atoms with E-state index in [1.54, 1.807) is 0 Å². The Hall–Kier alpha value is -1.47. The van der Waals surface area contributed by atoms with E-state index < -0.39 is 0 Å². The first-order valence-corrected chi connectivity index (χ1v) is 11.3. The Morgan fingerprint density at radius 2 is 1.64 bits per heavy atom. The molecule has 0 amide bonds. The zero-order chi connectivity index (χ0) is 20.3. The van der Waals surface area contributed by atoms with E-state index in [-0.39, 0.29) is 0 Å². The van der Waals surface area contributed by atoms with Gasteiger partial charge in [-0.15, -0.1) is 0 Å². The van der Waals surface area contributed by atoms with Crippen LogP contribution in [0.1, 0.15) is 70.1 Å². The predicted octanol–water partition coefficient (Wildman–Crippen LogP) is 7.75. The molecule has 5 atom stereocenters. The Bertz CT molecular complexity index is 765. The number of halogens is 1. The van der Waals surface area contributed by atoms with Crippen molar-refractivity contribution in [3.63, 3.8) is 0 Å². The number of rotatable bonds is 6. The minimum absolute atomic E-state index is 0.632. The lowest BCUT2D eigenvalue weighted by atomic mass is 9.61. The molecule has 3 rings (SSSR count). The lowest BCUT2D eigenvalue weighted by molar-refractivity contribution is 0.0996. The van der Waals surface area contributed by atoms with Crippen molar-refractivity contribution in [3.8, 4) is 5.75 Å². The highest BCUT2D eigenvalue weighted by molar-refractivity contribution is 6.31. The van der Waals surface area contributed by atoms with Crippen molar-refractivity contribution >= 4 is 11.6 Å². The summed E-state index contributed by atoms with van der Waals surface area (Å²) >= 11 is 6.59. The molecule has 0 heterocycles. The van der Waals surface area contributed by atoms with Gasteiger partial charge < -0.3 is 4.74 Å². The number of ether oxygens (including phenoxy) is 1. The molecule has 2 heteroatoms. The second-order valence-corrected chi connectivity index (χ2v) is 9.10. The molecule has 28 heavy (non-hydrogen) atoms. The van der Waals surface area contributed by atoms with Crippen LogP contribution in [0.5, 0.6) is 5.75 Å². The number of hydrogen-bond acceptors (Lipinski definition) is 1. The summed E-state index contributed by atoms with van der Waals surface area (Å²) in [6.45, 7) is 12.4. The summed E-state index contributed by atoms with van der Waals surface area (Å²) in [5, 5.41) is 0.870. The molecule has 1 fully saturated rings. The summed E-state index contributed by atoms with van der Waals surface area (Å²) in [6, 6.07) is 15.1. The summed E-state index contributed by atoms with van der Waals surface area (Å²) in [6.07, 6.45) is 3.44. The summed E-state index contributed by atoms with van der Waals surface area (Å²) in [7, 11) is 0. The molecule has 2 aromatic carbocycles. The first-order chi connectivity index (χ1) is 13.4. The summed E-state index contributed by atoms with van der Waals surface area (Å²) < 4.78 is 5.56. The molecule has 0 saturated heterocycles. The van der Waals surface area contributed by atoms with Crippen LogP contribution in [0.25, 0.3) is 0 Å². The van der Waals surface area contributed by atoms with Crippen molar-refractivity contribution in [2.24, 2.45) is 23.7 Å². The highest BCUT2D eigenvalue weighted by Crippen LogP contribution is 2.48. The van der Waals surface area contributed by atoms with Crippen LogP contribution in [0, 0.1) is 23.7 Å². The maximum atomic E-state index is 6.59. The van der Waals surface area contributed by atoms with Gasteiger partial charge in [-0.2, -0.15) is 0 Å². The first-order valence-electron chi connectivity index (χ1n) is 10.9. The quantitative estimate of drug-likeness (QED) is 0.483. The summed E-state index contributed by atoms with van der Waals surface area (Å²) in [5.74, 6) is 4.66. The molecule has 0 aliphatic heterocycles. The highest BCUT2D eigenvalue weighted by Gasteiger charge is 2.37. The molecule has 0 spiro atoms. The maximum absolute atomic E-state index is 6.59. The Morgan fingerprint density at radius 1 is 0.929 bits per heavy atom. The molecule has 0 unspecified atom stereocenters. The molecule has 0 aromatic heterocycles. The SMILES string of the molecule is CCOc1ccc(Cc2cc([C@@H]3C[C@@H](CC)[C@@H](C)[C@H](C)[C@H]3C)ccc2Cl)cc1. The first kappa shape index (κ1) is 21.2. The fraction of sp³-hybridized carbons (Fsp3) is 0.538. The van der Waals surface area contributed by atoms with E-state index in [0.29, 0.717) is 18.4 Å². The van der Waals surface area contributed by atoms with Crippen LogP contribution >= 0.6 is 11.6 Å². The van der Waals surface area contributed by atoms with Crippen molar-refractivity contribution in [2.45, 2.75) is 59.8 Å². The molecule has 2 aromatic rings. The molecule has 1 saturated carbocycles. The highest BCUT2D eigenvalue weighted by atomic mass is 35.5. The van der Waals surface area contributed by atoms with Crippen LogP contribution < -0.4 is 4.74 Å². The standard InChI is InChI=1S/C26H35ClO/c1-6-21-16-25(19(5)17(3)18(21)4)22-10-13-26(27)23(15-22)14-20-8-11-24(12-9-20)28-7-2/h8-13,15,17-19,21,25H,6-7,14,16H2,1-5H3/t17-,18-,19+,21+,25+/m0/s1. The second kappa shape index (κ2) is 9.35. The molecular formula is C26H35ClO. The third kappa shape index (κ3) is 4.57. The van der Waals surface area contributed by atoms with Crippen LogP contribution in [-0.4, -0.2) is 6.61 Å². The normalized spacial score (nSPS) is 27.6. The Morgan fingerprint density at radius 3 is 2.29 bits per heavy atom. The van der Waals surface area contributed by atoms with Crippen molar-refractivity contribution in [2.75, 3.05) is 6.61 Å². The maximum Gasteiger partial charge on any atom is 0.119 e. The molecule has 1 nitrogen and oxygen atoms in total.